The van der Waals surface area contributed by atoms with Gasteiger partial charge in [-0.1, -0.05) is 18.3 Å². The molecule has 9 heteroatoms. The maximum Gasteiger partial charge on any atom is 0.323 e. The zero-order valence-electron chi connectivity index (χ0n) is 13.6. The molecular weight excluding hydrogens is 314 g/mol. The molecule has 1 aliphatic rings. The van der Waals surface area contributed by atoms with Crippen molar-refractivity contribution in [2.45, 2.75) is 19.9 Å². The van der Waals surface area contributed by atoms with Gasteiger partial charge in [0.2, 0.25) is 5.13 Å². The number of carbonyl (C=O) groups excluding carboxylic acids is 1. The molecule has 1 saturated heterocycles. The first-order chi connectivity index (χ1) is 11.1. The lowest BCUT2D eigenvalue weighted by molar-refractivity contribution is 0.0927. The summed E-state index contributed by atoms with van der Waals surface area (Å²) in [6.07, 6.45) is 3.73. The van der Waals surface area contributed by atoms with E-state index in [4.69, 9.17) is 0 Å². The van der Waals surface area contributed by atoms with Gasteiger partial charge in [-0.2, -0.15) is 0 Å². The fourth-order valence-electron chi connectivity index (χ4n) is 2.84. The third-order valence-electron chi connectivity index (χ3n) is 4.08. The highest BCUT2D eigenvalue weighted by atomic mass is 32.1. The van der Waals surface area contributed by atoms with E-state index in [1.54, 1.807) is 6.20 Å². The normalized spacial score (nSPS) is 19.1. The second-order valence-electron chi connectivity index (χ2n) is 5.54. The van der Waals surface area contributed by atoms with E-state index >= 15 is 0 Å². The number of nitrogens with zero attached hydrogens (tertiary/aromatic N) is 6. The molecule has 3 rings (SSSR count). The van der Waals surface area contributed by atoms with Gasteiger partial charge in [0.05, 0.1) is 6.04 Å². The molecule has 3 heterocycles. The summed E-state index contributed by atoms with van der Waals surface area (Å²) in [6.45, 7) is 7.07. The van der Waals surface area contributed by atoms with Gasteiger partial charge in [-0.05, 0) is 13.5 Å². The summed E-state index contributed by atoms with van der Waals surface area (Å²) in [6, 6.07) is -0.0215. The standard InChI is InChI=1S/C14H21N7OS/c1-4-20-7-8-21(9-11(20)12-15-5-6-19(12)3)14(22)16-13-18-17-10(2)23-13/h5-6,11H,4,7-9H2,1-3H3,(H,16,18,22)/t11-/m1/s1. The van der Waals surface area contributed by atoms with E-state index in [-0.39, 0.29) is 12.1 Å². The molecule has 23 heavy (non-hydrogen) atoms. The summed E-state index contributed by atoms with van der Waals surface area (Å²) < 4.78 is 2.02. The van der Waals surface area contributed by atoms with Gasteiger partial charge in [-0.3, -0.25) is 10.2 Å². The summed E-state index contributed by atoms with van der Waals surface area (Å²) >= 11 is 1.38. The topological polar surface area (TPSA) is 79.2 Å². The van der Waals surface area contributed by atoms with E-state index in [2.05, 4.69) is 32.3 Å². The third kappa shape index (κ3) is 3.35. The van der Waals surface area contributed by atoms with Gasteiger partial charge in [-0.25, -0.2) is 9.78 Å². The molecule has 124 valence electrons. The number of rotatable bonds is 3. The number of amides is 2. The van der Waals surface area contributed by atoms with Crippen molar-refractivity contribution >= 4 is 22.5 Å². The van der Waals surface area contributed by atoms with E-state index < -0.39 is 0 Å². The Hall–Kier alpha value is -2.00. The third-order valence-corrected chi connectivity index (χ3v) is 4.84. The Kier molecular flexibility index (Phi) is 4.58. The molecule has 0 spiro atoms. The number of urea groups is 1. The minimum atomic E-state index is -0.129. The van der Waals surface area contributed by atoms with Crippen LogP contribution in [0.1, 0.15) is 23.8 Å². The first kappa shape index (κ1) is 15.9. The van der Waals surface area contributed by atoms with Crippen LogP contribution in [-0.2, 0) is 7.05 Å². The van der Waals surface area contributed by atoms with Gasteiger partial charge < -0.3 is 9.47 Å². The fourth-order valence-corrected chi connectivity index (χ4v) is 3.43. The zero-order valence-corrected chi connectivity index (χ0v) is 14.4. The van der Waals surface area contributed by atoms with Crippen LogP contribution in [0.5, 0.6) is 0 Å². The maximum atomic E-state index is 12.5. The monoisotopic (exact) mass is 335 g/mol. The van der Waals surface area contributed by atoms with Gasteiger partial charge in [-0.15, -0.1) is 10.2 Å². The maximum absolute atomic E-state index is 12.5. The van der Waals surface area contributed by atoms with Crippen molar-refractivity contribution in [1.29, 1.82) is 0 Å². The Bertz CT molecular complexity index is 682. The number of hydrogen-bond donors (Lipinski definition) is 1. The SMILES string of the molecule is CCN1CCN(C(=O)Nc2nnc(C)s2)C[C@@H]1c1nccn1C. The number of piperazine rings is 1. The van der Waals surface area contributed by atoms with Crippen LogP contribution in [0.25, 0.3) is 0 Å². The van der Waals surface area contributed by atoms with Gasteiger partial charge in [0.1, 0.15) is 10.8 Å². The summed E-state index contributed by atoms with van der Waals surface area (Å²) in [5.41, 5.74) is 0. The molecule has 0 aliphatic carbocycles. The van der Waals surface area contributed by atoms with E-state index in [1.807, 2.05) is 29.6 Å². The van der Waals surface area contributed by atoms with Crippen LogP contribution >= 0.6 is 11.3 Å². The lowest BCUT2D eigenvalue weighted by atomic mass is 10.1. The number of anilines is 1. The van der Waals surface area contributed by atoms with Crippen LogP contribution in [-0.4, -0.2) is 61.8 Å². The van der Waals surface area contributed by atoms with Crippen LogP contribution in [0.4, 0.5) is 9.93 Å². The Morgan fingerprint density at radius 1 is 1.43 bits per heavy atom. The summed E-state index contributed by atoms with van der Waals surface area (Å²) in [5, 5.41) is 12.1. The largest absolute Gasteiger partial charge is 0.337 e. The first-order valence-corrected chi connectivity index (χ1v) is 8.47. The van der Waals surface area contributed by atoms with Gasteiger partial charge in [0.25, 0.3) is 0 Å². The van der Waals surface area contributed by atoms with Crippen molar-refractivity contribution in [3.63, 3.8) is 0 Å². The van der Waals surface area contributed by atoms with Crippen LogP contribution < -0.4 is 5.32 Å². The Morgan fingerprint density at radius 3 is 2.87 bits per heavy atom. The first-order valence-electron chi connectivity index (χ1n) is 7.65. The number of hydrogen-bond acceptors (Lipinski definition) is 6. The molecule has 1 fully saturated rings. The quantitative estimate of drug-likeness (QED) is 0.919. The van der Waals surface area contributed by atoms with Crippen LogP contribution in [0.2, 0.25) is 0 Å². The lowest BCUT2D eigenvalue weighted by Gasteiger charge is -2.40. The average Bonchev–Trinajstić information content (AvgIpc) is 3.15. The molecule has 1 N–H and O–H groups in total. The van der Waals surface area contributed by atoms with Crippen LogP contribution in [0, 0.1) is 6.92 Å². The van der Waals surface area contributed by atoms with E-state index in [9.17, 15) is 4.79 Å². The van der Waals surface area contributed by atoms with Gasteiger partial charge in [0.15, 0.2) is 0 Å². The van der Waals surface area contributed by atoms with E-state index in [0.29, 0.717) is 18.2 Å². The Morgan fingerprint density at radius 2 is 2.26 bits per heavy atom. The van der Waals surface area contributed by atoms with Gasteiger partial charge in [0, 0.05) is 39.1 Å². The molecule has 0 radical (unpaired) electrons. The number of nitrogens with one attached hydrogen (secondary N) is 1. The minimum Gasteiger partial charge on any atom is -0.337 e. The molecule has 2 amide bonds. The van der Waals surface area contributed by atoms with Crippen molar-refractivity contribution in [2.75, 3.05) is 31.5 Å². The molecule has 0 saturated carbocycles. The highest BCUT2D eigenvalue weighted by Gasteiger charge is 2.32. The molecule has 1 atom stereocenters. The highest BCUT2D eigenvalue weighted by Crippen LogP contribution is 2.24. The van der Waals surface area contributed by atoms with Crippen molar-refractivity contribution in [3.05, 3.63) is 23.2 Å². The minimum absolute atomic E-state index is 0.107. The van der Waals surface area contributed by atoms with Gasteiger partial charge >= 0.3 is 6.03 Å². The second kappa shape index (κ2) is 6.63. The lowest BCUT2D eigenvalue weighted by Crippen LogP contribution is -2.52. The summed E-state index contributed by atoms with van der Waals surface area (Å²) in [5.74, 6) is 0.983. The van der Waals surface area contributed by atoms with Crippen molar-refractivity contribution in [2.24, 2.45) is 7.05 Å². The Balaban J connectivity index is 1.72. The average molecular weight is 335 g/mol. The van der Waals surface area contributed by atoms with Crippen LogP contribution in [0.15, 0.2) is 12.4 Å². The number of imidazole rings is 1. The predicted octanol–water partition coefficient (Wildman–Crippen LogP) is 1.49. The Labute approximate surface area is 139 Å². The van der Waals surface area contributed by atoms with E-state index in [1.165, 1.54) is 11.3 Å². The number of likely N-dealkylation sites (N-methyl/N-ethyl adjacent to an activating group) is 1. The summed E-state index contributed by atoms with van der Waals surface area (Å²) in [7, 11) is 1.99. The predicted molar refractivity (Wildman–Crippen MR) is 88.4 cm³/mol. The number of carbonyl (C=O) groups is 1. The van der Waals surface area contributed by atoms with Crippen molar-refractivity contribution in [3.8, 4) is 0 Å². The molecule has 8 nitrogen and oxygen atoms in total. The molecule has 2 aromatic rings. The molecular formula is C14H21N7OS. The second-order valence-corrected chi connectivity index (χ2v) is 6.72. The highest BCUT2D eigenvalue weighted by molar-refractivity contribution is 7.15. The zero-order chi connectivity index (χ0) is 16.4. The molecule has 2 aromatic heterocycles. The molecule has 0 aromatic carbocycles. The molecule has 0 unspecified atom stereocenters. The van der Waals surface area contributed by atoms with E-state index in [0.717, 1.165) is 23.9 Å². The van der Waals surface area contributed by atoms with Crippen LogP contribution in [0.3, 0.4) is 0 Å². The molecule has 0 bridgehead atoms. The number of aromatic nitrogens is 4. The number of aryl methyl sites for hydroxylation is 2. The van der Waals surface area contributed by atoms with Crippen molar-refractivity contribution < 1.29 is 4.79 Å². The smallest absolute Gasteiger partial charge is 0.323 e. The fraction of sp³-hybridized carbons (Fsp3) is 0.571. The molecule has 1 aliphatic heterocycles. The summed E-state index contributed by atoms with van der Waals surface area (Å²) in [4.78, 5) is 21.1. The van der Waals surface area contributed by atoms with Crippen molar-refractivity contribution in [1.82, 2.24) is 29.5 Å².